The molecule has 7 heteroatoms. The summed E-state index contributed by atoms with van der Waals surface area (Å²) in [4.78, 5) is 0.0764. The van der Waals surface area contributed by atoms with Crippen molar-refractivity contribution in [3.63, 3.8) is 0 Å². The van der Waals surface area contributed by atoms with Gasteiger partial charge in [0.15, 0.2) is 0 Å². The lowest BCUT2D eigenvalue weighted by molar-refractivity contribution is 0.529. The molecule has 0 spiro atoms. The van der Waals surface area contributed by atoms with Crippen molar-refractivity contribution in [3.05, 3.63) is 24.3 Å². The molecular formula is C6H4BN3O2S. The molecule has 0 amide bonds. The van der Waals surface area contributed by atoms with E-state index in [2.05, 4.69) is 10.3 Å². The zero-order valence-corrected chi connectivity index (χ0v) is 7.27. The Balaban J connectivity index is 2.76. The molecule has 1 heterocycles. The molecule has 2 rings (SSSR count). The molecule has 1 aliphatic heterocycles. The molecule has 2 radical (unpaired) electrons. The first-order chi connectivity index (χ1) is 6.12. The molecule has 1 aliphatic rings. The lowest BCUT2D eigenvalue weighted by atomic mass is 10.3. The molecule has 0 bridgehead atoms. The summed E-state index contributed by atoms with van der Waals surface area (Å²) in [5.41, 5.74) is 0.309. The molecule has 1 aromatic carbocycles. The van der Waals surface area contributed by atoms with Crippen LogP contribution in [0.3, 0.4) is 0 Å². The zero-order valence-electron chi connectivity index (χ0n) is 6.45. The maximum Gasteiger partial charge on any atom is 0.285 e. The Labute approximate surface area is 76.5 Å². The number of benzene rings is 1. The normalized spacial score (nSPS) is 18.3. The summed E-state index contributed by atoms with van der Waals surface area (Å²) in [6.07, 6.45) is 0. The van der Waals surface area contributed by atoms with E-state index < -0.39 is 10.0 Å². The Morgan fingerprint density at radius 2 is 2.00 bits per heavy atom. The van der Waals surface area contributed by atoms with E-state index in [9.17, 15) is 8.42 Å². The Hall–Kier alpha value is -1.37. The van der Waals surface area contributed by atoms with E-state index in [1.807, 2.05) is 0 Å². The van der Waals surface area contributed by atoms with Crippen LogP contribution in [0.5, 0.6) is 0 Å². The van der Waals surface area contributed by atoms with E-state index in [1.165, 1.54) is 6.07 Å². The standard InChI is InChI=1S/C6H4BN3O2S/c7-10-9-8-5-3-1-2-4-6(5)13(10,11)12/h1-4H. The minimum Gasteiger partial charge on any atom is -0.232 e. The summed E-state index contributed by atoms with van der Waals surface area (Å²) in [5.74, 6) is 0. The number of sulfonamides is 1. The van der Waals surface area contributed by atoms with Gasteiger partial charge in [-0.1, -0.05) is 17.4 Å². The summed E-state index contributed by atoms with van der Waals surface area (Å²) in [6, 6.07) is 6.27. The van der Waals surface area contributed by atoms with E-state index >= 15 is 0 Å². The predicted molar refractivity (Wildman–Crippen MR) is 45.7 cm³/mol. The fourth-order valence-corrected chi connectivity index (χ4v) is 1.96. The fourth-order valence-electron chi connectivity index (χ4n) is 0.999. The second-order valence-electron chi connectivity index (χ2n) is 2.43. The van der Waals surface area contributed by atoms with Crippen LogP contribution in [0.15, 0.2) is 39.5 Å². The van der Waals surface area contributed by atoms with Gasteiger partial charge in [0.25, 0.3) is 18.0 Å². The molecule has 1 aromatic rings. The van der Waals surface area contributed by atoms with Gasteiger partial charge >= 0.3 is 0 Å². The third-order valence-electron chi connectivity index (χ3n) is 1.63. The van der Waals surface area contributed by atoms with E-state index in [-0.39, 0.29) is 4.90 Å². The Morgan fingerprint density at radius 1 is 1.31 bits per heavy atom. The van der Waals surface area contributed by atoms with Crippen LogP contribution in [0.25, 0.3) is 0 Å². The van der Waals surface area contributed by atoms with Gasteiger partial charge in [-0.3, -0.25) is 0 Å². The third kappa shape index (κ3) is 1.12. The van der Waals surface area contributed by atoms with E-state index in [0.29, 0.717) is 10.0 Å². The first-order valence-corrected chi connectivity index (χ1v) is 4.87. The second kappa shape index (κ2) is 2.56. The summed E-state index contributed by atoms with van der Waals surface area (Å²) < 4.78 is 23.3. The summed E-state index contributed by atoms with van der Waals surface area (Å²) in [5, 5.41) is 6.89. The van der Waals surface area contributed by atoms with Crippen molar-refractivity contribution < 1.29 is 8.42 Å². The topological polar surface area (TPSA) is 62.1 Å². The maximum atomic E-state index is 11.5. The Kier molecular flexibility index (Phi) is 1.62. The lowest BCUT2D eigenvalue weighted by Gasteiger charge is -2.18. The highest BCUT2D eigenvalue weighted by Crippen LogP contribution is 2.30. The average Bonchev–Trinajstić information content (AvgIpc) is 2.13. The van der Waals surface area contributed by atoms with Crippen LogP contribution >= 0.6 is 0 Å². The van der Waals surface area contributed by atoms with Gasteiger partial charge in [-0.05, 0) is 12.1 Å². The molecule has 64 valence electrons. The first-order valence-electron chi connectivity index (χ1n) is 3.43. The monoisotopic (exact) mass is 193 g/mol. The second-order valence-corrected chi connectivity index (χ2v) is 4.20. The molecule has 0 aromatic heterocycles. The van der Waals surface area contributed by atoms with Crippen LogP contribution in [0, 0.1) is 0 Å². The van der Waals surface area contributed by atoms with Gasteiger partial charge in [0.05, 0.1) is 0 Å². The van der Waals surface area contributed by atoms with Crippen LogP contribution in [-0.2, 0) is 10.0 Å². The van der Waals surface area contributed by atoms with Crippen LogP contribution < -0.4 is 0 Å². The van der Waals surface area contributed by atoms with Crippen LogP contribution in [-0.4, -0.2) is 20.7 Å². The van der Waals surface area contributed by atoms with Gasteiger partial charge in [0.1, 0.15) is 10.6 Å². The van der Waals surface area contributed by atoms with Gasteiger partial charge in [0.2, 0.25) is 0 Å². The largest absolute Gasteiger partial charge is 0.285 e. The van der Waals surface area contributed by atoms with Gasteiger partial charge in [-0.25, -0.2) is 12.7 Å². The van der Waals surface area contributed by atoms with E-state index in [1.54, 1.807) is 18.2 Å². The van der Waals surface area contributed by atoms with Crippen LogP contribution in [0.4, 0.5) is 5.69 Å². The van der Waals surface area contributed by atoms with Crippen molar-refractivity contribution >= 4 is 23.7 Å². The third-order valence-corrected chi connectivity index (χ3v) is 3.10. The van der Waals surface area contributed by atoms with Crippen molar-refractivity contribution in [2.24, 2.45) is 10.3 Å². The molecule has 0 fully saturated rings. The summed E-state index contributed by atoms with van der Waals surface area (Å²) in [6.45, 7) is 0. The first kappa shape index (κ1) is 8.24. The van der Waals surface area contributed by atoms with E-state index in [4.69, 9.17) is 7.98 Å². The van der Waals surface area contributed by atoms with Gasteiger partial charge in [0, 0.05) is 0 Å². The molecule has 0 saturated heterocycles. The number of fused-ring (bicyclic) bond motifs is 1. The van der Waals surface area contributed by atoms with Crippen molar-refractivity contribution in [2.75, 3.05) is 0 Å². The van der Waals surface area contributed by atoms with Crippen molar-refractivity contribution in [3.8, 4) is 0 Å². The maximum absolute atomic E-state index is 11.5. The fraction of sp³-hybridized carbons (Fsp3) is 0. The van der Waals surface area contributed by atoms with Crippen molar-refractivity contribution in [1.82, 2.24) is 4.33 Å². The molecule has 0 saturated carbocycles. The number of nitrogens with zero attached hydrogens (tertiary/aromatic N) is 3. The summed E-state index contributed by atoms with van der Waals surface area (Å²) in [7, 11) is 1.44. The number of hydrogen-bond donors (Lipinski definition) is 0. The highest BCUT2D eigenvalue weighted by atomic mass is 32.2. The molecule has 0 aliphatic carbocycles. The predicted octanol–water partition coefficient (Wildman–Crippen LogP) is 0.773. The van der Waals surface area contributed by atoms with Gasteiger partial charge in [-0.15, -0.1) is 5.11 Å². The molecule has 5 nitrogen and oxygen atoms in total. The molecule has 0 unspecified atom stereocenters. The Bertz CT molecular complexity index is 471. The van der Waals surface area contributed by atoms with Gasteiger partial charge in [-0.2, -0.15) is 0 Å². The van der Waals surface area contributed by atoms with E-state index in [0.717, 1.165) is 0 Å². The number of hydrogen-bond acceptors (Lipinski definition) is 4. The minimum absolute atomic E-state index is 0.0764. The SMILES string of the molecule is [B]N1N=Nc2ccccc2S1(=O)=O. The molecule has 0 atom stereocenters. The molecule has 0 N–H and O–H groups in total. The lowest BCUT2D eigenvalue weighted by Crippen LogP contribution is -2.24. The zero-order chi connectivity index (χ0) is 9.47. The average molecular weight is 193 g/mol. The van der Waals surface area contributed by atoms with Crippen LogP contribution in [0.1, 0.15) is 0 Å². The van der Waals surface area contributed by atoms with Crippen molar-refractivity contribution in [1.29, 1.82) is 0 Å². The van der Waals surface area contributed by atoms with Crippen molar-refractivity contribution in [2.45, 2.75) is 4.90 Å². The smallest absolute Gasteiger partial charge is 0.232 e. The molecular weight excluding hydrogens is 189 g/mol. The highest BCUT2D eigenvalue weighted by molar-refractivity contribution is 7.90. The van der Waals surface area contributed by atoms with Crippen LogP contribution in [0.2, 0.25) is 0 Å². The minimum atomic E-state index is -3.67. The highest BCUT2D eigenvalue weighted by Gasteiger charge is 2.25. The Morgan fingerprint density at radius 3 is 2.77 bits per heavy atom. The van der Waals surface area contributed by atoms with Gasteiger partial charge < -0.3 is 0 Å². The number of rotatable bonds is 0. The quantitative estimate of drug-likeness (QED) is 0.571. The molecule has 13 heavy (non-hydrogen) atoms. The summed E-state index contributed by atoms with van der Waals surface area (Å²) >= 11 is 0.